The maximum atomic E-state index is 12.6. The lowest BCUT2D eigenvalue weighted by Crippen LogP contribution is -2.46. The molecular formula is C18H25NO4. The fraction of sp³-hybridized carbons (Fsp3) is 0.444. The van der Waals surface area contributed by atoms with Gasteiger partial charge in [-0.3, -0.25) is 4.79 Å². The van der Waals surface area contributed by atoms with Crippen LogP contribution in [-0.2, 0) is 14.3 Å². The fourth-order valence-electron chi connectivity index (χ4n) is 2.34. The molecule has 1 rings (SSSR count). The highest BCUT2D eigenvalue weighted by molar-refractivity contribution is 5.88. The number of hydrogen-bond acceptors (Lipinski definition) is 3. The van der Waals surface area contributed by atoms with Gasteiger partial charge in [0.1, 0.15) is 0 Å². The third-order valence-corrected chi connectivity index (χ3v) is 3.79. The molecule has 23 heavy (non-hydrogen) atoms. The lowest BCUT2D eigenvalue weighted by molar-refractivity contribution is -0.143. The summed E-state index contributed by atoms with van der Waals surface area (Å²) in [7, 11) is 0. The van der Waals surface area contributed by atoms with Crippen molar-refractivity contribution in [2.24, 2.45) is 5.92 Å². The molecule has 1 aromatic rings. The molecule has 126 valence electrons. The Morgan fingerprint density at radius 1 is 1.35 bits per heavy atom. The zero-order valence-electron chi connectivity index (χ0n) is 13.7. The second kappa shape index (κ2) is 9.79. The van der Waals surface area contributed by atoms with E-state index in [1.807, 2.05) is 44.2 Å². The van der Waals surface area contributed by atoms with Crippen LogP contribution in [0.25, 0.3) is 0 Å². The fourth-order valence-corrected chi connectivity index (χ4v) is 2.34. The summed E-state index contributed by atoms with van der Waals surface area (Å²) in [5.74, 6) is -1.69. The van der Waals surface area contributed by atoms with E-state index in [9.17, 15) is 14.7 Å². The lowest BCUT2D eigenvalue weighted by atomic mass is 9.84. The summed E-state index contributed by atoms with van der Waals surface area (Å²) in [6, 6.07) is 8.34. The molecule has 0 aromatic heterocycles. The Bertz CT molecular complexity index is 515. The van der Waals surface area contributed by atoms with Crippen LogP contribution < -0.4 is 5.32 Å². The predicted octanol–water partition coefficient (Wildman–Crippen LogP) is 2.59. The van der Waals surface area contributed by atoms with Crippen LogP contribution in [0.15, 0.2) is 43.0 Å². The summed E-state index contributed by atoms with van der Waals surface area (Å²) in [6.07, 6.45) is 2.35. The average molecular weight is 319 g/mol. The van der Waals surface area contributed by atoms with E-state index < -0.39 is 12.0 Å². The van der Waals surface area contributed by atoms with E-state index in [4.69, 9.17) is 4.74 Å². The monoisotopic (exact) mass is 319 g/mol. The molecule has 0 fully saturated rings. The minimum Gasteiger partial charge on any atom is -0.480 e. The smallest absolute Gasteiger partial charge is 0.328 e. The SMILES string of the molecule is C=CCOCC(NC(=O)C(c1ccccc1)C(C)CC)C(=O)O. The van der Waals surface area contributed by atoms with E-state index in [-0.39, 0.29) is 31.0 Å². The Hall–Kier alpha value is -2.14. The molecule has 0 saturated carbocycles. The van der Waals surface area contributed by atoms with Gasteiger partial charge in [0, 0.05) is 0 Å². The molecule has 0 aliphatic carbocycles. The van der Waals surface area contributed by atoms with Crippen molar-refractivity contribution in [3.63, 3.8) is 0 Å². The van der Waals surface area contributed by atoms with Gasteiger partial charge in [0.05, 0.1) is 19.1 Å². The number of aliphatic carboxylic acids is 1. The number of carboxylic acid groups (broad SMARTS) is 1. The van der Waals surface area contributed by atoms with Gasteiger partial charge in [-0.15, -0.1) is 6.58 Å². The van der Waals surface area contributed by atoms with E-state index in [0.29, 0.717) is 0 Å². The zero-order chi connectivity index (χ0) is 17.2. The van der Waals surface area contributed by atoms with E-state index in [1.54, 1.807) is 0 Å². The molecule has 5 heteroatoms. The normalized spacial score (nSPS) is 14.5. The van der Waals surface area contributed by atoms with Gasteiger partial charge in [-0.2, -0.15) is 0 Å². The van der Waals surface area contributed by atoms with E-state index in [0.717, 1.165) is 12.0 Å². The summed E-state index contributed by atoms with van der Waals surface area (Å²) in [4.78, 5) is 23.9. The number of carbonyl (C=O) groups excluding carboxylic acids is 1. The Labute approximate surface area is 137 Å². The highest BCUT2D eigenvalue weighted by atomic mass is 16.5. The molecule has 2 N–H and O–H groups in total. The number of nitrogens with one attached hydrogen (secondary N) is 1. The van der Waals surface area contributed by atoms with Gasteiger partial charge in [0.15, 0.2) is 6.04 Å². The average Bonchev–Trinajstić information content (AvgIpc) is 2.55. The Balaban J connectivity index is 2.87. The first-order chi connectivity index (χ1) is 11.0. The summed E-state index contributed by atoms with van der Waals surface area (Å²) >= 11 is 0. The van der Waals surface area contributed by atoms with Gasteiger partial charge in [-0.1, -0.05) is 56.7 Å². The maximum absolute atomic E-state index is 12.6. The molecule has 1 aromatic carbocycles. The summed E-state index contributed by atoms with van der Waals surface area (Å²) in [6.45, 7) is 7.66. The van der Waals surface area contributed by atoms with Crippen LogP contribution in [0.2, 0.25) is 0 Å². The quantitative estimate of drug-likeness (QED) is 0.513. The van der Waals surface area contributed by atoms with Crippen LogP contribution in [-0.4, -0.2) is 36.2 Å². The van der Waals surface area contributed by atoms with Crippen molar-refractivity contribution in [3.8, 4) is 0 Å². The Kier molecular flexibility index (Phi) is 8.05. The topological polar surface area (TPSA) is 75.6 Å². The molecule has 0 saturated heterocycles. The summed E-state index contributed by atoms with van der Waals surface area (Å²) in [5.41, 5.74) is 0.885. The Morgan fingerprint density at radius 3 is 2.52 bits per heavy atom. The van der Waals surface area contributed by atoms with Crippen LogP contribution in [0.5, 0.6) is 0 Å². The molecular weight excluding hydrogens is 294 g/mol. The highest BCUT2D eigenvalue weighted by Gasteiger charge is 2.29. The molecule has 0 bridgehead atoms. The molecule has 1 amide bonds. The second-order valence-corrected chi connectivity index (χ2v) is 5.50. The van der Waals surface area contributed by atoms with Crippen LogP contribution in [0.1, 0.15) is 31.7 Å². The minimum absolute atomic E-state index is 0.0882. The number of benzene rings is 1. The van der Waals surface area contributed by atoms with Crippen molar-refractivity contribution in [1.82, 2.24) is 5.32 Å². The number of carbonyl (C=O) groups is 2. The number of rotatable bonds is 10. The number of ether oxygens (including phenoxy) is 1. The molecule has 0 spiro atoms. The van der Waals surface area contributed by atoms with E-state index in [2.05, 4.69) is 11.9 Å². The molecule has 0 radical (unpaired) electrons. The number of amides is 1. The third kappa shape index (κ3) is 5.87. The van der Waals surface area contributed by atoms with Crippen molar-refractivity contribution < 1.29 is 19.4 Å². The van der Waals surface area contributed by atoms with Crippen LogP contribution >= 0.6 is 0 Å². The Morgan fingerprint density at radius 2 is 2.00 bits per heavy atom. The highest BCUT2D eigenvalue weighted by Crippen LogP contribution is 2.27. The predicted molar refractivity (Wildman–Crippen MR) is 89.2 cm³/mol. The first-order valence-electron chi connectivity index (χ1n) is 7.78. The molecule has 0 aliphatic heterocycles. The minimum atomic E-state index is -1.11. The van der Waals surface area contributed by atoms with Crippen molar-refractivity contribution in [2.75, 3.05) is 13.2 Å². The number of hydrogen-bond donors (Lipinski definition) is 2. The van der Waals surface area contributed by atoms with Gasteiger partial charge < -0.3 is 15.2 Å². The summed E-state index contributed by atoms with van der Waals surface area (Å²) < 4.78 is 5.17. The van der Waals surface area contributed by atoms with Crippen LogP contribution in [0.3, 0.4) is 0 Å². The van der Waals surface area contributed by atoms with Gasteiger partial charge in [0.2, 0.25) is 5.91 Å². The van der Waals surface area contributed by atoms with E-state index in [1.165, 1.54) is 6.08 Å². The van der Waals surface area contributed by atoms with Crippen LogP contribution in [0.4, 0.5) is 0 Å². The molecule has 3 atom stereocenters. The molecule has 0 heterocycles. The molecule has 0 aliphatic rings. The largest absolute Gasteiger partial charge is 0.480 e. The van der Waals surface area contributed by atoms with Crippen molar-refractivity contribution >= 4 is 11.9 Å². The standard InChI is InChI=1S/C18H25NO4/c1-4-11-23-12-15(18(21)22)19-17(20)16(13(3)5-2)14-9-7-6-8-10-14/h4,6-10,13,15-16H,1,5,11-12H2,2-3H3,(H,19,20)(H,21,22). The van der Waals surface area contributed by atoms with Gasteiger partial charge in [0.25, 0.3) is 0 Å². The summed E-state index contributed by atoms with van der Waals surface area (Å²) in [5, 5.41) is 11.8. The van der Waals surface area contributed by atoms with Crippen molar-refractivity contribution in [3.05, 3.63) is 48.6 Å². The number of carboxylic acids is 1. The van der Waals surface area contributed by atoms with Crippen molar-refractivity contribution in [2.45, 2.75) is 32.2 Å². The van der Waals surface area contributed by atoms with Gasteiger partial charge >= 0.3 is 5.97 Å². The van der Waals surface area contributed by atoms with Crippen molar-refractivity contribution in [1.29, 1.82) is 0 Å². The first-order valence-corrected chi connectivity index (χ1v) is 7.78. The lowest BCUT2D eigenvalue weighted by Gasteiger charge is -2.25. The first kappa shape index (κ1) is 18.9. The van der Waals surface area contributed by atoms with Gasteiger partial charge in [-0.05, 0) is 11.5 Å². The third-order valence-electron chi connectivity index (χ3n) is 3.79. The molecule has 5 nitrogen and oxygen atoms in total. The van der Waals surface area contributed by atoms with Gasteiger partial charge in [-0.25, -0.2) is 4.79 Å². The molecule has 3 unspecified atom stereocenters. The van der Waals surface area contributed by atoms with Crippen LogP contribution in [0, 0.1) is 5.92 Å². The van der Waals surface area contributed by atoms with E-state index >= 15 is 0 Å². The maximum Gasteiger partial charge on any atom is 0.328 e. The zero-order valence-corrected chi connectivity index (χ0v) is 13.7. The second-order valence-electron chi connectivity index (χ2n) is 5.50.